The zero-order valence-electron chi connectivity index (χ0n) is 43.9. The number of carbonyl (C=O) groups excluding carboxylic acids is 3. The number of aromatic nitrogens is 3. The van der Waals surface area contributed by atoms with Crippen LogP contribution in [-0.2, 0) is 0 Å². The standard InChI is InChI=1S/C22H13Cl3N2O2.2C22H14Cl2N2O2/c23-15-3-1-2-14(10-15)20-12-29-22(27-20)13-4-7-17(8-5-13)26-21(28)18-9-6-16(24)11-19(18)25;23-18-7-3-1-5-16(18)20-13-28-22(26-20)14-9-11-15(12-10-14)25-21(27)17-6-2-4-8-19(17)24;23-16-5-3-4-15(12-16)20-13-28-22(26-20)14-8-10-17(11-9-14)25-21(27)18-6-1-2-7-19(18)24/h1-12H,(H,26,28);2*1-13H,(H,25,27). The molecule has 12 nitrogen and oxygen atoms in total. The predicted molar refractivity (Wildman–Crippen MR) is 340 cm³/mol. The van der Waals surface area contributed by atoms with Gasteiger partial charge in [0.1, 0.15) is 35.9 Å². The normalized spacial score (nSPS) is 10.7. The van der Waals surface area contributed by atoms with Crippen LogP contribution in [0.3, 0.4) is 0 Å². The van der Waals surface area contributed by atoms with Gasteiger partial charge in [-0.25, -0.2) is 15.0 Å². The van der Waals surface area contributed by atoms with Gasteiger partial charge in [-0.05, 0) is 146 Å². The molecule has 420 valence electrons. The molecule has 12 rings (SSSR count). The summed E-state index contributed by atoms with van der Waals surface area (Å²) in [5.74, 6) is 0.573. The smallest absolute Gasteiger partial charge is 0.257 e. The van der Waals surface area contributed by atoms with Gasteiger partial charge >= 0.3 is 0 Å². The first-order valence-corrected chi connectivity index (χ1v) is 28.2. The number of nitrogens with zero attached hydrogens (tertiary/aromatic N) is 3. The number of hydrogen-bond donors (Lipinski definition) is 3. The minimum absolute atomic E-state index is 0.266. The van der Waals surface area contributed by atoms with Gasteiger partial charge < -0.3 is 29.2 Å². The van der Waals surface area contributed by atoms with Crippen LogP contribution in [0.25, 0.3) is 68.1 Å². The van der Waals surface area contributed by atoms with Crippen molar-refractivity contribution in [3.05, 3.63) is 283 Å². The summed E-state index contributed by atoms with van der Waals surface area (Å²) in [5.41, 5.74) is 10.1. The summed E-state index contributed by atoms with van der Waals surface area (Å²) in [4.78, 5) is 50.6. The maximum Gasteiger partial charge on any atom is 0.257 e. The Morgan fingerprint density at radius 3 is 1.05 bits per heavy atom. The van der Waals surface area contributed by atoms with E-state index in [0.29, 0.717) is 104 Å². The summed E-state index contributed by atoms with van der Waals surface area (Å²) < 4.78 is 16.8. The summed E-state index contributed by atoms with van der Waals surface area (Å²) in [7, 11) is 0. The molecule has 0 aliphatic rings. The van der Waals surface area contributed by atoms with E-state index in [-0.39, 0.29) is 17.7 Å². The number of hydrogen-bond acceptors (Lipinski definition) is 9. The van der Waals surface area contributed by atoms with Crippen LogP contribution in [0.5, 0.6) is 0 Å². The average molecular weight is 1260 g/mol. The van der Waals surface area contributed by atoms with Crippen molar-refractivity contribution in [2.45, 2.75) is 0 Å². The van der Waals surface area contributed by atoms with Gasteiger partial charge in [0.15, 0.2) is 0 Å². The molecule has 0 fully saturated rings. The highest BCUT2D eigenvalue weighted by atomic mass is 35.5. The molecule has 85 heavy (non-hydrogen) atoms. The fraction of sp³-hybridized carbons (Fsp3) is 0. The molecule has 0 unspecified atom stereocenters. The number of oxazole rings is 3. The predicted octanol–water partition coefficient (Wildman–Crippen LogP) is 20.4. The van der Waals surface area contributed by atoms with Crippen molar-refractivity contribution in [1.82, 2.24) is 15.0 Å². The van der Waals surface area contributed by atoms with Crippen LogP contribution in [-0.4, -0.2) is 32.7 Å². The van der Waals surface area contributed by atoms with Crippen molar-refractivity contribution < 1.29 is 27.6 Å². The van der Waals surface area contributed by atoms with Crippen molar-refractivity contribution in [2.75, 3.05) is 16.0 Å². The van der Waals surface area contributed by atoms with Crippen molar-refractivity contribution in [2.24, 2.45) is 0 Å². The maximum atomic E-state index is 12.4. The van der Waals surface area contributed by atoms with Crippen LogP contribution in [0.1, 0.15) is 31.1 Å². The zero-order chi connectivity index (χ0) is 59.4. The molecule has 3 amide bonds. The van der Waals surface area contributed by atoms with Gasteiger partial charge in [-0.15, -0.1) is 0 Å². The monoisotopic (exact) mass is 1260 g/mol. The van der Waals surface area contributed by atoms with E-state index in [1.807, 2.05) is 103 Å². The van der Waals surface area contributed by atoms with Crippen LogP contribution in [0.4, 0.5) is 17.1 Å². The van der Waals surface area contributed by atoms with E-state index >= 15 is 0 Å². The second kappa shape index (κ2) is 27.6. The summed E-state index contributed by atoms with van der Waals surface area (Å²) in [5, 5.41) is 11.9. The fourth-order valence-electron chi connectivity index (χ4n) is 8.22. The lowest BCUT2D eigenvalue weighted by Crippen LogP contribution is -2.12. The third kappa shape index (κ3) is 15.3. The molecule has 3 N–H and O–H groups in total. The number of halogens is 7. The van der Waals surface area contributed by atoms with Crippen molar-refractivity contribution >= 4 is 116 Å². The van der Waals surface area contributed by atoms with E-state index in [2.05, 4.69) is 30.9 Å². The molecule has 19 heteroatoms. The van der Waals surface area contributed by atoms with E-state index in [1.54, 1.807) is 122 Å². The molecule has 3 heterocycles. The fourth-order valence-corrected chi connectivity index (χ4v) is 9.77. The SMILES string of the molecule is O=C(Nc1ccc(-c2nc(-c3cccc(Cl)c3)co2)cc1)c1ccc(Cl)cc1Cl.O=C(Nc1ccc(-c2nc(-c3cccc(Cl)c3)co2)cc1)c1ccccc1Cl.O=C(Nc1ccc(-c2nc(-c3ccccc3Cl)co2)cc1)c1ccccc1Cl. The number of benzene rings is 9. The molecule has 0 aliphatic carbocycles. The maximum absolute atomic E-state index is 12.4. The Bertz CT molecular complexity index is 4340. The Balaban J connectivity index is 0.000000142. The topological polar surface area (TPSA) is 165 Å². The van der Waals surface area contributed by atoms with E-state index in [1.165, 1.54) is 6.07 Å². The zero-order valence-corrected chi connectivity index (χ0v) is 49.2. The molecule has 0 atom stereocenters. The highest BCUT2D eigenvalue weighted by molar-refractivity contribution is 6.37. The number of amides is 3. The molecule has 0 spiro atoms. The lowest BCUT2D eigenvalue weighted by molar-refractivity contribution is 0.101. The van der Waals surface area contributed by atoms with E-state index in [0.717, 1.165) is 33.4 Å². The summed E-state index contributed by atoms with van der Waals surface area (Å²) in [6.45, 7) is 0. The largest absolute Gasteiger partial charge is 0.444 e. The third-order valence-electron chi connectivity index (χ3n) is 12.5. The number of anilines is 3. The van der Waals surface area contributed by atoms with Crippen LogP contribution < -0.4 is 16.0 Å². The van der Waals surface area contributed by atoms with Crippen LogP contribution in [0, 0.1) is 0 Å². The van der Waals surface area contributed by atoms with Crippen LogP contribution in [0.2, 0.25) is 35.2 Å². The first-order valence-electron chi connectivity index (χ1n) is 25.5. The highest BCUT2D eigenvalue weighted by Crippen LogP contribution is 2.33. The first kappa shape index (κ1) is 59.2. The summed E-state index contributed by atoms with van der Waals surface area (Å²) in [6.07, 6.45) is 4.75. The van der Waals surface area contributed by atoms with Gasteiger partial charge in [0.25, 0.3) is 17.7 Å². The first-order chi connectivity index (χ1) is 41.2. The molecule has 0 aliphatic heterocycles. The van der Waals surface area contributed by atoms with Gasteiger partial charge in [0.05, 0.1) is 36.8 Å². The Labute approximate surface area is 521 Å². The Morgan fingerprint density at radius 2 is 0.659 bits per heavy atom. The van der Waals surface area contributed by atoms with E-state index in [4.69, 9.17) is 94.5 Å². The van der Waals surface area contributed by atoms with Gasteiger partial charge in [0, 0.05) is 65.5 Å². The number of nitrogens with one attached hydrogen (secondary N) is 3. The van der Waals surface area contributed by atoms with Crippen molar-refractivity contribution in [3.8, 4) is 68.1 Å². The molecular weight excluding hydrogens is 1220 g/mol. The Hall–Kier alpha value is -8.95. The number of rotatable bonds is 12. The van der Waals surface area contributed by atoms with E-state index in [9.17, 15) is 14.4 Å². The lowest BCUT2D eigenvalue weighted by Gasteiger charge is -2.07. The highest BCUT2D eigenvalue weighted by Gasteiger charge is 2.17. The minimum Gasteiger partial charge on any atom is -0.444 e. The van der Waals surface area contributed by atoms with Gasteiger partial charge in [-0.1, -0.05) is 148 Å². The Kier molecular flexibility index (Phi) is 19.2. The third-order valence-corrected chi connectivity index (χ3v) is 14.5. The van der Waals surface area contributed by atoms with Crippen LogP contribution in [0.15, 0.2) is 244 Å². The van der Waals surface area contributed by atoms with Crippen LogP contribution >= 0.6 is 81.2 Å². The number of carbonyl (C=O) groups is 3. The quantitative estimate of drug-likeness (QED) is 0.108. The van der Waals surface area contributed by atoms with Gasteiger partial charge in [0.2, 0.25) is 17.7 Å². The molecule has 12 aromatic rings. The van der Waals surface area contributed by atoms with Crippen molar-refractivity contribution in [1.29, 1.82) is 0 Å². The molecule has 0 radical (unpaired) electrons. The summed E-state index contributed by atoms with van der Waals surface area (Å²) in [6, 6.07) is 62.4. The molecule has 0 saturated heterocycles. The average Bonchev–Trinajstić information content (AvgIpc) is 4.53. The van der Waals surface area contributed by atoms with E-state index < -0.39 is 0 Å². The van der Waals surface area contributed by atoms with Gasteiger partial charge in [-0.2, -0.15) is 0 Å². The molecule has 3 aromatic heterocycles. The Morgan fingerprint density at radius 1 is 0.306 bits per heavy atom. The summed E-state index contributed by atoms with van der Waals surface area (Å²) >= 11 is 42.4. The second-order valence-electron chi connectivity index (χ2n) is 18.3. The van der Waals surface area contributed by atoms with Gasteiger partial charge in [-0.3, -0.25) is 14.4 Å². The lowest BCUT2D eigenvalue weighted by atomic mass is 10.1. The van der Waals surface area contributed by atoms with Crippen molar-refractivity contribution in [3.63, 3.8) is 0 Å². The molecule has 0 saturated carbocycles. The second-order valence-corrected chi connectivity index (χ2v) is 21.2. The molecule has 0 bridgehead atoms. The minimum atomic E-state index is -0.321. The molecule has 9 aromatic carbocycles. The molecular formula is C66H41Cl7N6O6.